The highest BCUT2D eigenvalue weighted by molar-refractivity contribution is 6.04. The van der Waals surface area contributed by atoms with Gasteiger partial charge < -0.3 is 16.0 Å². The van der Waals surface area contributed by atoms with Crippen molar-refractivity contribution < 1.29 is 0 Å². The molecule has 2 aliphatic rings. The Morgan fingerprint density at radius 2 is 1.91 bits per heavy atom. The molecule has 0 radical (unpaired) electrons. The van der Waals surface area contributed by atoms with Gasteiger partial charge in [-0.05, 0) is 43.7 Å². The van der Waals surface area contributed by atoms with Crippen LogP contribution >= 0.6 is 0 Å². The lowest BCUT2D eigenvalue weighted by Gasteiger charge is -2.39. The Bertz CT molecular complexity index is 560. The van der Waals surface area contributed by atoms with E-state index >= 15 is 0 Å². The number of amidine groups is 1. The summed E-state index contributed by atoms with van der Waals surface area (Å²) in [5.41, 5.74) is 14.8. The Morgan fingerprint density at radius 3 is 2.59 bits per heavy atom. The predicted molar refractivity (Wildman–Crippen MR) is 91.8 cm³/mol. The first-order chi connectivity index (χ1) is 10.5. The van der Waals surface area contributed by atoms with Crippen molar-refractivity contribution in [3.63, 3.8) is 0 Å². The maximum absolute atomic E-state index is 6.61. The minimum Gasteiger partial charge on any atom is -0.362 e. The van der Waals surface area contributed by atoms with Crippen molar-refractivity contribution in [1.82, 2.24) is 4.90 Å². The number of aliphatic imine (C=N–C) groups is 1. The maximum Gasteiger partial charge on any atom is 0.184 e. The van der Waals surface area contributed by atoms with Crippen LogP contribution in [-0.4, -0.2) is 36.7 Å². The minimum absolute atomic E-state index is 0.367. The number of nitrogens with two attached hydrogens (primary N) is 2. The van der Waals surface area contributed by atoms with Gasteiger partial charge in [-0.3, -0.25) is 5.73 Å². The lowest BCUT2D eigenvalue weighted by molar-refractivity contribution is 0.262. The zero-order valence-corrected chi connectivity index (χ0v) is 13.5. The molecule has 1 fully saturated rings. The molecule has 1 aromatic carbocycles. The summed E-state index contributed by atoms with van der Waals surface area (Å²) in [7, 11) is 4.03. The fraction of sp³-hybridized carbons (Fsp3) is 0.588. The van der Waals surface area contributed by atoms with Gasteiger partial charge in [0.1, 0.15) is 5.84 Å². The average Bonchev–Trinajstić information content (AvgIpc) is 2.48. The topological polar surface area (TPSA) is 79.7 Å². The second kappa shape index (κ2) is 5.89. The van der Waals surface area contributed by atoms with Gasteiger partial charge in [-0.2, -0.15) is 0 Å². The first kappa shape index (κ1) is 15.3. The number of para-hydroxylation sites is 1. The third-order valence-electron chi connectivity index (χ3n) is 4.74. The molecule has 1 heterocycles. The minimum atomic E-state index is -0.722. The summed E-state index contributed by atoms with van der Waals surface area (Å²) in [6.07, 6.45) is 5.35. The molecule has 1 aliphatic carbocycles. The normalized spacial score (nSPS) is 31.0. The number of rotatable bonds is 2. The van der Waals surface area contributed by atoms with Gasteiger partial charge in [0.2, 0.25) is 0 Å². The van der Waals surface area contributed by atoms with Crippen molar-refractivity contribution in [3.8, 4) is 0 Å². The molecule has 0 bridgehead atoms. The van der Waals surface area contributed by atoms with E-state index in [1.807, 2.05) is 31.1 Å². The van der Waals surface area contributed by atoms with Gasteiger partial charge in [0, 0.05) is 37.8 Å². The highest BCUT2D eigenvalue weighted by Crippen LogP contribution is 2.34. The van der Waals surface area contributed by atoms with Crippen molar-refractivity contribution in [2.45, 2.75) is 43.9 Å². The monoisotopic (exact) mass is 301 g/mol. The van der Waals surface area contributed by atoms with Crippen molar-refractivity contribution in [2.24, 2.45) is 22.4 Å². The Balaban J connectivity index is 1.83. The predicted octanol–water partition coefficient (Wildman–Crippen LogP) is 1.94. The summed E-state index contributed by atoms with van der Waals surface area (Å²) >= 11 is 0. The summed E-state index contributed by atoms with van der Waals surface area (Å²) in [5.74, 6) is 0.819. The molecule has 22 heavy (non-hydrogen) atoms. The van der Waals surface area contributed by atoms with Crippen molar-refractivity contribution in [1.29, 1.82) is 0 Å². The molecule has 1 saturated carbocycles. The van der Waals surface area contributed by atoms with Crippen LogP contribution in [0.3, 0.4) is 0 Å². The number of fused-ring (bicyclic) bond motifs is 1. The van der Waals surface area contributed by atoms with E-state index in [4.69, 9.17) is 16.5 Å². The van der Waals surface area contributed by atoms with Crippen molar-refractivity contribution in [3.05, 3.63) is 29.8 Å². The summed E-state index contributed by atoms with van der Waals surface area (Å²) in [4.78, 5) is 6.89. The molecule has 0 spiro atoms. The number of hydrogen-bond acceptors (Lipinski definition) is 5. The lowest BCUT2D eigenvalue weighted by atomic mass is 9.82. The van der Waals surface area contributed by atoms with E-state index < -0.39 is 5.79 Å². The van der Waals surface area contributed by atoms with Gasteiger partial charge in [0.15, 0.2) is 5.79 Å². The zero-order chi connectivity index (χ0) is 15.7. The summed E-state index contributed by atoms with van der Waals surface area (Å²) in [6, 6.07) is 8.59. The van der Waals surface area contributed by atoms with Crippen LogP contribution in [0.25, 0.3) is 0 Å². The van der Waals surface area contributed by atoms with E-state index in [0.717, 1.165) is 49.2 Å². The molecule has 5 nitrogen and oxygen atoms in total. The van der Waals surface area contributed by atoms with Crippen LogP contribution in [-0.2, 0) is 0 Å². The number of nitrogens with one attached hydrogen (secondary N) is 1. The molecular weight excluding hydrogens is 274 g/mol. The fourth-order valence-corrected chi connectivity index (χ4v) is 3.57. The van der Waals surface area contributed by atoms with Crippen molar-refractivity contribution in [2.75, 3.05) is 19.4 Å². The molecule has 0 saturated heterocycles. The van der Waals surface area contributed by atoms with Crippen LogP contribution < -0.4 is 16.8 Å². The summed E-state index contributed by atoms with van der Waals surface area (Å²) in [6.45, 7) is 0. The van der Waals surface area contributed by atoms with E-state index in [1.165, 1.54) is 0 Å². The van der Waals surface area contributed by atoms with Gasteiger partial charge in [-0.1, -0.05) is 12.1 Å². The molecular formula is C17H27N5. The Kier molecular flexibility index (Phi) is 4.10. The van der Waals surface area contributed by atoms with Gasteiger partial charge in [0.05, 0.1) is 0 Å². The fourth-order valence-electron chi connectivity index (χ4n) is 3.57. The molecule has 5 N–H and O–H groups in total. The SMILES string of the molecule is CN(C)C1=NC(N)(CC2CCC(N)CC2)Nc2ccccc21. The molecule has 1 unspecified atom stereocenters. The molecule has 5 heteroatoms. The number of hydrogen-bond donors (Lipinski definition) is 3. The number of nitrogens with zero attached hydrogens (tertiary/aromatic N) is 2. The first-order valence-corrected chi connectivity index (χ1v) is 8.16. The maximum atomic E-state index is 6.61. The van der Waals surface area contributed by atoms with Gasteiger partial charge in [-0.15, -0.1) is 0 Å². The molecule has 0 aromatic heterocycles. The third kappa shape index (κ3) is 3.10. The smallest absolute Gasteiger partial charge is 0.184 e. The molecule has 3 rings (SSSR count). The van der Waals surface area contributed by atoms with Crippen LogP contribution in [0.5, 0.6) is 0 Å². The second-order valence-electron chi connectivity index (χ2n) is 6.91. The van der Waals surface area contributed by atoms with Gasteiger partial charge in [-0.25, -0.2) is 4.99 Å². The van der Waals surface area contributed by atoms with E-state index in [9.17, 15) is 0 Å². The summed E-state index contributed by atoms with van der Waals surface area (Å²) < 4.78 is 0. The van der Waals surface area contributed by atoms with E-state index in [1.54, 1.807) is 0 Å². The molecule has 1 aliphatic heterocycles. The second-order valence-corrected chi connectivity index (χ2v) is 6.91. The van der Waals surface area contributed by atoms with Gasteiger partial charge >= 0.3 is 0 Å². The lowest BCUT2D eigenvalue weighted by Crippen LogP contribution is -2.52. The van der Waals surface area contributed by atoms with Crippen LogP contribution in [0.15, 0.2) is 29.3 Å². The highest BCUT2D eigenvalue weighted by atomic mass is 15.3. The number of anilines is 1. The Morgan fingerprint density at radius 1 is 1.23 bits per heavy atom. The third-order valence-corrected chi connectivity index (χ3v) is 4.74. The zero-order valence-electron chi connectivity index (χ0n) is 13.5. The molecule has 1 aromatic rings. The van der Waals surface area contributed by atoms with E-state index in [0.29, 0.717) is 12.0 Å². The molecule has 1 atom stereocenters. The highest BCUT2D eigenvalue weighted by Gasteiger charge is 2.35. The van der Waals surface area contributed by atoms with Crippen molar-refractivity contribution >= 4 is 11.5 Å². The van der Waals surface area contributed by atoms with Crippen LogP contribution in [0, 0.1) is 5.92 Å². The molecule has 120 valence electrons. The Labute approximate surface area is 132 Å². The Hall–Kier alpha value is -1.59. The first-order valence-electron chi connectivity index (χ1n) is 8.16. The standard InChI is InChI=1S/C17H27N5/c1-22(2)16-14-5-3-4-6-15(14)20-17(19,21-16)11-12-7-9-13(18)10-8-12/h3-6,12-13,20H,7-11,18-19H2,1-2H3. The summed E-state index contributed by atoms with van der Waals surface area (Å²) in [5, 5.41) is 3.45. The van der Waals surface area contributed by atoms with E-state index in [2.05, 4.69) is 17.4 Å². The van der Waals surface area contributed by atoms with E-state index in [-0.39, 0.29) is 0 Å². The molecule has 0 amide bonds. The van der Waals surface area contributed by atoms with Gasteiger partial charge in [0.25, 0.3) is 0 Å². The average molecular weight is 301 g/mol. The van der Waals surface area contributed by atoms with Crippen LogP contribution in [0.1, 0.15) is 37.7 Å². The largest absolute Gasteiger partial charge is 0.362 e. The number of benzene rings is 1. The van der Waals surface area contributed by atoms with Crippen LogP contribution in [0.4, 0.5) is 5.69 Å². The quantitative estimate of drug-likeness (QED) is 0.780. The van der Waals surface area contributed by atoms with Crippen LogP contribution in [0.2, 0.25) is 0 Å².